The van der Waals surface area contributed by atoms with Gasteiger partial charge in [-0.3, -0.25) is 14.4 Å². The van der Waals surface area contributed by atoms with E-state index in [1.165, 1.54) is 5.56 Å². The summed E-state index contributed by atoms with van der Waals surface area (Å²) in [7, 11) is 0. The largest absolute Gasteiger partial charge is 0.481 e. The molecule has 0 aliphatic rings. The van der Waals surface area contributed by atoms with Gasteiger partial charge >= 0.3 is 5.97 Å². The molecule has 0 radical (unpaired) electrons. The van der Waals surface area contributed by atoms with Crippen LogP contribution < -0.4 is 16.0 Å². The van der Waals surface area contributed by atoms with E-state index in [-0.39, 0.29) is 25.3 Å². The Balaban J connectivity index is 1.36. The zero-order valence-electron chi connectivity index (χ0n) is 22.7. The highest BCUT2D eigenvalue weighted by Gasteiger charge is 2.19. The van der Waals surface area contributed by atoms with Gasteiger partial charge in [-0.25, -0.2) is 4.98 Å². The number of hydrogen-bond donors (Lipinski definition) is 4. The molecule has 206 valence electrons. The molecule has 4 rings (SSSR count). The van der Waals surface area contributed by atoms with Crippen LogP contribution in [0.25, 0.3) is 21.9 Å². The lowest BCUT2D eigenvalue weighted by molar-refractivity contribution is -0.138. The van der Waals surface area contributed by atoms with E-state index in [9.17, 15) is 19.5 Å². The Hall–Kier alpha value is -4.72. The molecule has 0 bridgehead atoms. The number of anilines is 1. The van der Waals surface area contributed by atoms with Crippen LogP contribution in [0, 0.1) is 13.8 Å². The summed E-state index contributed by atoms with van der Waals surface area (Å²) in [5, 5.41) is 20.4. The van der Waals surface area contributed by atoms with Crippen molar-refractivity contribution in [2.75, 3.05) is 18.4 Å². The molecule has 0 aliphatic heterocycles. The molecule has 0 fully saturated rings. The minimum absolute atomic E-state index is 0.232. The van der Waals surface area contributed by atoms with Gasteiger partial charge in [-0.15, -0.1) is 0 Å². The third-order valence-electron chi connectivity index (χ3n) is 6.70. The van der Waals surface area contributed by atoms with Crippen LogP contribution in [0.4, 0.5) is 5.82 Å². The Morgan fingerprint density at radius 1 is 0.900 bits per heavy atom. The quantitative estimate of drug-likeness (QED) is 0.185. The minimum atomic E-state index is -1.03. The van der Waals surface area contributed by atoms with Crippen molar-refractivity contribution < 1.29 is 19.5 Å². The third-order valence-corrected chi connectivity index (χ3v) is 6.70. The highest BCUT2D eigenvalue weighted by Crippen LogP contribution is 2.32. The molecule has 8 nitrogen and oxygen atoms in total. The number of rotatable bonds is 12. The maximum absolute atomic E-state index is 12.7. The first kappa shape index (κ1) is 28.3. The van der Waals surface area contributed by atoms with Gasteiger partial charge in [0.2, 0.25) is 11.8 Å². The Morgan fingerprint density at radius 2 is 1.70 bits per heavy atom. The topological polar surface area (TPSA) is 120 Å². The molecule has 1 aromatic heterocycles. The van der Waals surface area contributed by atoms with E-state index in [1.54, 1.807) is 6.20 Å². The van der Waals surface area contributed by atoms with Crippen LogP contribution in [0.3, 0.4) is 0 Å². The fourth-order valence-corrected chi connectivity index (χ4v) is 4.66. The lowest BCUT2D eigenvalue weighted by Crippen LogP contribution is -2.39. The number of nitrogens with zero attached hydrogens (tertiary/aromatic N) is 1. The molecule has 1 heterocycles. The van der Waals surface area contributed by atoms with Gasteiger partial charge in [-0.2, -0.15) is 0 Å². The molecule has 0 saturated carbocycles. The number of nitrogens with one attached hydrogen (secondary N) is 3. The SMILES string of the molecule is Cc1ccnc(NCCCC(=O)NCC(=O)N[C@@H](CC(=O)O)c2cccc(-c3ccc(C)c4ccccc34)c2)c1. The predicted octanol–water partition coefficient (Wildman–Crippen LogP) is 5.16. The monoisotopic (exact) mass is 538 g/mol. The number of hydrogen-bond acceptors (Lipinski definition) is 5. The van der Waals surface area contributed by atoms with Crippen molar-refractivity contribution in [2.45, 2.75) is 39.2 Å². The lowest BCUT2D eigenvalue weighted by Gasteiger charge is -2.19. The number of fused-ring (bicyclic) bond motifs is 1. The maximum Gasteiger partial charge on any atom is 0.305 e. The van der Waals surface area contributed by atoms with E-state index in [0.717, 1.165) is 33.3 Å². The van der Waals surface area contributed by atoms with E-state index in [1.807, 2.05) is 55.5 Å². The first-order chi connectivity index (χ1) is 19.3. The van der Waals surface area contributed by atoms with Crippen molar-refractivity contribution in [3.05, 3.63) is 95.7 Å². The Bertz CT molecular complexity index is 1520. The van der Waals surface area contributed by atoms with Crippen molar-refractivity contribution >= 4 is 34.4 Å². The molecule has 4 aromatic rings. The summed E-state index contributed by atoms with van der Waals surface area (Å²) >= 11 is 0. The molecule has 8 heteroatoms. The number of amides is 2. The fourth-order valence-electron chi connectivity index (χ4n) is 4.66. The maximum atomic E-state index is 12.7. The summed E-state index contributed by atoms with van der Waals surface area (Å²) < 4.78 is 0. The Morgan fingerprint density at radius 3 is 2.48 bits per heavy atom. The molecule has 2 amide bonds. The Labute approximate surface area is 233 Å². The average molecular weight is 539 g/mol. The second-order valence-electron chi connectivity index (χ2n) is 9.84. The van der Waals surface area contributed by atoms with Crippen molar-refractivity contribution in [1.82, 2.24) is 15.6 Å². The molecule has 0 aliphatic carbocycles. The van der Waals surface area contributed by atoms with Gasteiger partial charge in [0.25, 0.3) is 0 Å². The van der Waals surface area contributed by atoms with Crippen LogP contribution in [-0.2, 0) is 14.4 Å². The molecule has 0 spiro atoms. The number of carbonyl (C=O) groups excluding carboxylic acids is 2. The number of carbonyl (C=O) groups is 3. The smallest absolute Gasteiger partial charge is 0.305 e. The standard InChI is InChI=1S/C32H34N4O4/c1-21-14-16-34-29(17-21)33-15-6-11-30(37)35-20-31(38)36-28(19-32(39)40)24-8-5-7-23(18-24)26-13-12-22(2)25-9-3-4-10-27(25)26/h3-5,7-10,12-14,16-18,28H,6,11,15,19-20H2,1-2H3,(H,33,34)(H,35,37)(H,36,38)(H,39,40)/t28-/m0/s1. The number of pyridine rings is 1. The summed E-state index contributed by atoms with van der Waals surface area (Å²) in [4.78, 5) is 40.8. The molecular weight excluding hydrogens is 504 g/mol. The molecule has 3 aromatic carbocycles. The zero-order valence-corrected chi connectivity index (χ0v) is 22.7. The van der Waals surface area contributed by atoms with Crippen molar-refractivity contribution in [3.63, 3.8) is 0 Å². The van der Waals surface area contributed by atoms with Gasteiger partial charge in [-0.1, -0.05) is 54.6 Å². The number of carboxylic acids is 1. The van der Waals surface area contributed by atoms with Gasteiger partial charge in [-0.05, 0) is 77.1 Å². The highest BCUT2D eigenvalue weighted by molar-refractivity contribution is 5.98. The molecule has 0 saturated heterocycles. The van der Waals surface area contributed by atoms with E-state index in [4.69, 9.17) is 0 Å². The van der Waals surface area contributed by atoms with Gasteiger partial charge in [0, 0.05) is 19.2 Å². The number of aryl methyl sites for hydroxylation is 2. The van der Waals surface area contributed by atoms with Gasteiger partial charge < -0.3 is 21.1 Å². The molecular formula is C32H34N4O4. The molecule has 4 N–H and O–H groups in total. The summed E-state index contributed by atoms with van der Waals surface area (Å²) in [5.74, 6) is -0.981. The zero-order chi connectivity index (χ0) is 28.5. The van der Waals surface area contributed by atoms with Crippen LogP contribution in [0.15, 0.2) is 79.0 Å². The normalized spacial score (nSPS) is 11.6. The number of aliphatic carboxylic acids is 1. The summed E-state index contributed by atoms with van der Waals surface area (Å²) in [6, 6.07) is 22.9. The number of carboxylic acid groups (broad SMARTS) is 1. The second kappa shape index (κ2) is 13.4. The summed E-state index contributed by atoms with van der Waals surface area (Å²) in [6.07, 6.45) is 2.26. The van der Waals surface area contributed by atoms with Crippen LogP contribution in [0.5, 0.6) is 0 Å². The van der Waals surface area contributed by atoms with E-state index >= 15 is 0 Å². The minimum Gasteiger partial charge on any atom is -0.481 e. The van der Waals surface area contributed by atoms with E-state index in [2.05, 4.69) is 52.1 Å². The van der Waals surface area contributed by atoms with Gasteiger partial charge in [0.05, 0.1) is 19.0 Å². The van der Waals surface area contributed by atoms with Crippen molar-refractivity contribution in [2.24, 2.45) is 0 Å². The molecule has 0 unspecified atom stereocenters. The first-order valence-corrected chi connectivity index (χ1v) is 13.3. The lowest BCUT2D eigenvalue weighted by atomic mass is 9.93. The van der Waals surface area contributed by atoms with Crippen molar-refractivity contribution in [1.29, 1.82) is 0 Å². The van der Waals surface area contributed by atoms with E-state index in [0.29, 0.717) is 18.5 Å². The fraction of sp³-hybridized carbons (Fsp3) is 0.250. The van der Waals surface area contributed by atoms with E-state index < -0.39 is 17.9 Å². The average Bonchev–Trinajstić information content (AvgIpc) is 2.94. The highest BCUT2D eigenvalue weighted by atomic mass is 16.4. The van der Waals surface area contributed by atoms with Crippen LogP contribution in [0.2, 0.25) is 0 Å². The molecule has 40 heavy (non-hydrogen) atoms. The van der Waals surface area contributed by atoms with Crippen molar-refractivity contribution in [3.8, 4) is 11.1 Å². The predicted molar refractivity (Wildman–Crippen MR) is 157 cm³/mol. The first-order valence-electron chi connectivity index (χ1n) is 13.3. The third kappa shape index (κ3) is 7.66. The van der Waals surface area contributed by atoms with Crippen LogP contribution in [-0.4, -0.2) is 41.0 Å². The van der Waals surface area contributed by atoms with Gasteiger partial charge in [0.1, 0.15) is 5.82 Å². The Kier molecular flexibility index (Phi) is 9.46. The molecule has 1 atom stereocenters. The number of aromatic nitrogens is 1. The summed E-state index contributed by atoms with van der Waals surface area (Å²) in [6.45, 7) is 4.39. The number of benzene rings is 3. The van der Waals surface area contributed by atoms with Crippen LogP contribution >= 0.6 is 0 Å². The second-order valence-corrected chi connectivity index (χ2v) is 9.84. The van der Waals surface area contributed by atoms with Gasteiger partial charge in [0.15, 0.2) is 0 Å². The van der Waals surface area contributed by atoms with Crippen LogP contribution in [0.1, 0.15) is 42.0 Å². The summed E-state index contributed by atoms with van der Waals surface area (Å²) in [5.41, 5.74) is 4.91.